The summed E-state index contributed by atoms with van der Waals surface area (Å²) in [5, 5.41) is 19.6. The van der Waals surface area contributed by atoms with Gasteiger partial charge in [0, 0.05) is 30.4 Å². The van der Waals surface area contributed by atoms with Crippen LogP contribution in [0.15, 0.2) is 23.8 Å². The van der Waals surface area contributed by atoms with Gasteiger partial charge in [-0.25, -0.2) is 0 Å². The van der Waals surface area contributed by atoms with Crippen molar-refractivity contribution in [2.45, 2.75) is 19.3 Å². The highest BCUT2D eigenvalue weighted by Gasteiger charge is 2.13. The van der Waals surface area contributed by atoms with Crippen molar-refractivity contribution in [3.63, 3.8) is 0 Å². The van der Waals surface area contributed by atoms with Crippen LogP contribution in [0.1, 0.15) is 24.8 Å². The summed E-state index contributed by atoms with van der Waals surface area (Å²) in [6.45, 7) is 2.03. The molecule has 1 aliphatic rings. The largest absolute Gasteiger partial charge is 0.544 e. The Labute approximate surface area is 124 Å². The fourth-order valence-electron chi connectivity index (χ4n) is 2.46. The number of ether oxygens (including phenoxy) is 1. The Kier molecular flexibility index (Phi) is 4.83. The van der Waals surface area contributed by atoms with Gasteiger partial charge < -0.3 is 19.5 Å². The summed E-state index contributed by atoms with van der Waals surface area (Å²) in [6, 6.07) is 7.18. The van der Waals surface area contributed by atoms with Crippen molar-refractivity contribution < 1.29 is 14.6 Å². The lowest BCUT2D eigenvalue weighted by atomic mass is 10.1. The number of carboxylic acid groups (broad SMARTS) is 1. The van der Waals surface area contributed by atoms with Crippen LogP contribution in [0.4, 0.5) is 5.69 Å². The number of rotatable bonds is 4. The van der Waals surface area contributed by atoms with Gasteiger partial charge in [-0.3, -0.25) is 0 Å². The summed E-state index contributed by atoms with van der Waals surface area (Å²) in [7, 11) is 1.53. The minimum atomic E-state index is -1.49. The van der Waals surface area contributed by atoms with E-state index >= 15 is 0 Å². The van der Waals surface area contributed by atoms with E-state index in [1.165, 1.54) is 32.4 Å². The molecule has 21 heavy (non-hydrogen) atoms. The molecule has 1 heterocycles. The monoisotopic (exact) mass is 285 g/mol. The lowest BCUT2D eigenvalue weighted by Crippen LogP contribution is -2.29. The van der Waals surface area contributed by atoms with Gasteiger partial charge in [0.05, 0.1) is 18.7 Å². The van der Waals surface area contributed by atoms with E-state index in [2.05, 4.69) is 4.90 Å². The van der Waals surface area contributed by atoms with Crippen LogP contribution in [0, 0.1) is 11.3 Å². The predicted molar refractivity (Wildman–Crippen MR) is 77.7 cm³/mol. The van der Waals surface area contributed by atoms with Crippen LogP contribution in [0.2, 0.25) is 0 Å². The van der Waals surface area contributed by atoms with Gasteiger partial charge in [0.2, 0.25) is 0 Å². The summed E-state index contributed by atoms with van der Waals surface area (Å²) in [5.74, 6) is -0.938. The van der Waals surface area contributed by atoms with Crippen molar-refractivity contribution in [1.29, 1.82) is 5.26 Å². The van der Waals surface area contributed by atoms with Gasteiger partial charge in [-0.1, -0.05) is 0 Å². The summed E-state index contributed by atoms with van der Waals surface area (Å²) < 4.78 is 5.31. The van der Waals surface area contributed by atoms with Crippen molar-refractivity contribution >= 4 is 17.7 Å². The number of nitrogens with zero attached hydrogens (tertiary/aromatic N) is 2. The SMILES string of the molecule is COc1cc(N2CCCCC2)ccc1/C=C(/C#N)C(=O)[O-]. The quantitative estimate of drug-likeness (QED) is 0.616. The lowest BCUT2D eigenvalue weighted by Gasteiger charge is -2.29. The number of hydrogen-bond donors (Lipinski definition) is 0. The zero-order chi connectivity index (χ0) is 15.2. The molecule has 110 valence electrons. The molecule has 0 bridgehead atoms. The zero-order valence-electron chi connectivity index (χ0n) is 12.0. The molecule has 1 aliphatic heterocycles. The van der Waals surface area contributed by atoms with Crippen LogP contribution in [0.3, 0.4) is 0 Å². The first-order chi connectivity index (χ1) is 10.2. The second-order valence-electron chi connectivity index (χ2n) is 4.93. The number of carboxylic acids is 1. The van der Waals surface area contributed by atoms with Crippen LogP contribution >= 0.6 is 0 Å². The Hall–Kier alpha value is -2.48. The van der Waals surface area contributed by atoms with Crippen molar-refractivity contribution in [1.82, 2.24) is 0 Å². The number of anilines is 1. The fourth-order valence-corrected chi connectivity index (χ4v) is 2.46. The molecule has 0 aliphatic carbocycles. The van der Waals surface area contributed by atoms with Crippen molar-refractivity contribution in [3.05, 3.63) is 29.3 Å². The Morgan fingerprint density at radius 3 is 2.67 bits per heavy atom. The number of nitriles is 1. The molecule has 0 radical (unpaired) electrons. The van der Waals surface area contributed by atoms with Crippen molar-refractivity contribution in [2.75, 3.05) is 25.1 Å². The zero-order valence-corrected chi connectivity index (χ0v) is 12.0. The highest BCUT2D eigenvalue weighted by Crippen LogP contribution is 2.29. The van der Waals surface area contributed by atoms with E-state index in [9.17, 15) is 9.90 Å². The third-order valence-electron chi connectivity index (χ3n) is 3.58. The standard InChI is InChI=1S/C16H18N2O3/c1-21-15-10-14(18-7-3-2-4-8-18)6-5-12(15)9-13(11-17)16(19)20/h5-6,9-10H,2-4,7-8H2,1H3,(H,19,20)/p-1/b13-9-. The number of carbonyl (C=O) groups excluding carboxylic acids is 1. The molecule has 2 rings (SSSR count). The molecule has 0 aromatic heterocycles. The molecular weight excluding hydrogens is 268 g/mol. The predicted octanol–water partition coefficient (Wildman–Crippen LogP) is 1.34. The Balaban J connectivity index is 2.32. The second-order valence-corrected chi connectivity index (χ2v) is 4.93. The number of benzene rings is 1. The third-order valence-corrected chi connectivity index (χ3v) is 3.58. The number of carbonyl (C=O) groups is 1. The Bertz CT molecular complexity index is 596. The van der Waals surface area contributed by atoms with Gasteiger partial charge in [0.15, 0.2) is 0 Å². The van der Waals surface area contributed by atoms with E-state index in [0.717, 1.165) is 18.8 Å². The molecule has 0 N–H and O–H groups in total. The second kappa shape index (κ2) is 6.80. The van der Waals surface area contributed by atoms with Gasteiger partial charge in [-0.2, -0.15) is 5.26 Å². The van der Waals surface area contributed by atoms with E-state index in [1.807, 2.05) is 12.1 Å². The van der Waals surface area contributed by atoms with Crippen molar-refractivity contribution in [2.24, 2.45) is 0 Å². The first-order valence-electron chi connectivity index (χ1n) is 6.92. The molecule has 1 aromatic carbocycles. The number of piperidine rings is 1. The smallest absolute Gasteiger partial charge is 0.128 e. The van der Waals surface area contributed by atoms with Gasteiger partial charge in [-0.15, -0.1) is 0 Å². The molecule has 0 amide bonds. The number of aliphatic carboxylic acids is 1. The minimum absolute atomic E-state index is 0.418. The van der Waals surface area contributed by atoms with Gasteiger partial charge in [0.25, 0.3) is 0 Å². The molecule has 1 fully saturated rings. The minimum Gasteiger partial charge on any atom is -0.544 e. The van der Waals surface area contributed by atoms with E-state index in [-0.39, 0.29) is 0 Å². The molecular formula is C16H17N2O3-. The van der Waals surface area contributed by atoms with Crippen LogP contribution in [0.5, 0.6) is 5.75 Å². The molecule has 0 unspecified atom stereocenters. The highest BCUT2D eigenvalue weighted by atomic mass is 16.5. The summed E-state index contributed by atoms with van der Waals surface area (Å²) in [4.78, 5) is 13.1. The number of methoxy groups -OCH3 is 1. The first kappa shape index (κ1) is 14.9. The van der Waals surface area contributed by atoms with E-state index in [0.29, 0.717) is 11.3 Å². The summed E-state index contributed by atoms with van der Waals surface area (Å²) in [5.41, 5.74) is 1.19. The van der Waals surface area contributed by atoms with Crippen LogP contribution < -0.4 is 14.7 Å². The van der Waals surface area contributed by atoms with Gasteiger partial charge in [0.1, 0.15) is 11.8 Å². The number of hydrogen-bond acceptors (Lipinski definition) is 5. The first-order valence-corrected chi connectivity index (χ1v) is 6.92. The van der Waals surface area contributed by atoms with Gasteiger partial charge in [-0.05, 0) is 37.5 Å². The maximum Gasteiger partial charge on any atom is 0.128 e. The van der Waals surface area contributed by atoms with E-state index in [4.69, 9.17) is 10.00 Å². The molecule has 0 spiro atoms. The third kappa shape index (κ3) is 3.54. The molecule has 5 heteroatoms. The van der Waals surface area contributed by atoms with Crippen molar-refractivity contribution in [3.8, 4) is 11.8 Å². The average molecular weight is 285 g/mol. The fraction of sp³-hybridized carbons (Fsp3) is 0.375. The normalized spacial score (nSPS) is 15.4. The maximum atomic E-state index is 10.8. The summed E-state index contributed by atoms with van der Waals surface area (Å²) in [6.07, 6.45) is 4.88. The molecule has 5 nitrogen and oxygen atoms in total. The van der Waals surface area contributed by atoms with E-state index < -0.39 is 11.5 Å². The topological polar surface area (TPSA) is 76.4 Å². The van der Waals surface area contributed by atoms with Crippen LogP contribution in [0.25, 0.3) is 6.08 Å². The van der Waals surface area contributed by atoms with Crippen LogP contribution in [-0.2, 0) is 4.79 Å². The molecule has 0 atom stereocenters. The van der Waals surface area contributed by atoms with Crippen LogP contribution in [-0.4, -0.2) is 26.2 Å². The average Bonchev–Trinajstić information content (AvgIpc) is 2.53. The van der Waals surface area contributed by atoms with Gasteiger partial charge >= 0.3 is 0 Å². The molecule has 1 aromatic rings. The Morgan fingerprint density at radius 1 is 1.38 bits per heavy atom. The highest BCUT2D eigenvalue weighted by molar-refractivity contribution is 5.95. The Morgan fingerprint density at radius 2 is 2.10 bits per heavy atom. The lowest BCUT2D eigenvalue weighted by molar-refractivity contribution is -0.298. The maximum absolute atomic E-state index is 10.8. The molecule has 1 saturated heterocycles. The molecule has 0 saturated carbocycles. The summed E-state index contributed by atoms with van der Waals surface area (Å²) >= 11 is 0. The van der Waals surface area contributed by atoms with E-state index in [1.54, 1.807) is 12.1 Å².